The number of pyridine rings is 1. The van der Waals surface area contributed by atoms with Crippen LogP contribution < -0.4 is 16.0 Å². The van der Waals surface area contributed by atoms with Gasteiger partial charge in [-0.2, -0.15) is 0 Å². The Kier molecular flexibility index (Phi) is 12.3. The van der Waals surface area contributed by atoms with E-state index in [-0.39, 0.29) is 36.8 Å². The van der Waals surface area contributed by atoms with Crippen molar-refractivity contribution >= 4 is 36.5 Å². The van der Waals surface area contributed by atoms with Crippen molar-refractivity contribution in [2.24, 2.45) is 5.73 Å². The van der Waals surface area contributed by atoms with Gasteiger partial charge in [-0.05, 0) is 32.4 Å². The van der Waals surface area contributed by atoms with Crippen LogP contribution in [0.1, 0.15) is 37.6 Å². The monoisotopic (exact) mass is 336 g/mol. The number of hydrogen-bond acceptors (Lipinski definition) is 4. The third-order valence-corrected chi connectivity index (χ3v) is 2.94. The number of nitrogens with two attached hydrogens (primary N) is 1. The highest BCUT2D eigenvalue weighted by Gasteiger charge is 2.10. The Hall–Kier alpha value is -1.04. The number of halogens is 2. The fraction of sp³-hybridized carbons (Fsp3) is 0.571. The Labute approximate surface area is 139 Å². The first-order chi connectivity index (χ1) is 9.12. The molecule has 0 saturated heterocycles. The molecule has 1 aromatic heterocycles. The van der Waals surface area contributed by atoms with E-state index in [1.165, 1.54) is 0 Å². The van der Waals surface area contributed by atoms with Gasteiger partial charge in [0.1, 0.15) is 5.82 Å². The summed E-state index contributed by atoms with van der Waals surface area (Å²) in [7, 11) is 0. The first kappa shape index (κ1) is 22.2. The lowest BCUT2D eigenvalue weighted by atomic mass is 10.2. The summed E-state index contributed by atoms with van der Waals surface area (Å²) < 4.78 is 0. The minimum atomic E-state index is -0.129. The summed E-state index contributed by atoms with van der Waals surface area (Å²) in [5.74, 6) is 0.781. The second-order valence-corrected chi connectivity index (χ2v) is 4.59. The van der Waals surface area contributed by atoms with Gasteiger partial charge in [0.05, 0.1) is 5.56 Å². The van der Waals surface area contributed by atoms with E-state index >= 15 is 0 Å². The van der Waals surface area contributed by atoms with Gasteiger partial charge >= 0.3 is 0 Å². The first-order valence-electron chi connectivity index (χ1n) is 6.84. The van der Waals surface area contributed by atoms with E-state index in [1.807, 2.05) is 13.0 Å². The van der Waals surface area contributed by atoms with Gasteiger partial charge in [0.2, 0.25) is 0 Å². The van der Waals surface area contributed by atoms with Crippen LogP contribution in [0.3, 0.4) is 0 Å². The largest absolute Gasteiger partial charge is 0.357 e. The Morgan fingerprint density at radius 1 is 1.38 bits per heavy atom. The van der Waals surface area contributed by atoms with Gasteiger partial charge in [-0.15, -0.1) is 24.8 Å². The Bertz CT molecular complexity index is 400. The number of anilines is 1. The molecular weight excluding hydrogens is 311 g/mol. The van der Waals surface area contributed by atoms with Crippen LogP contribution in [-0.4, -0.2) is 36.6 Å². The average Bonchev–Trinajstić information content (AvgIpc) is 2.44. The zero-order valence-electron chi connectivity index (χ0n) is 12.8. The number of nitrogens with zero attached hydrogens (tertiary/aromatic N) is 2. The molecule has 1 rings (SSSR count). The first-order valence-corrected chi connectivity index (χ1v) is 6.84. The lowest BCUT2D eigenvalue weighted by Crippen LogP contribution is -2.37. The second kappa shape index (κ2) is 11.6. The molecule has 0 aliphatic rings. The summed E-state index contributed by atoms with van der Waals surface area (Å²) in [6.45, 7) is 8.42. The fourth-order valence-corrected chi connectivity index (χ4v) is 1.78. The highest BCUT2D eigenvalue weighted by atomic mass is 35.5. The maximum absolute atomic E-state index is 11.9. The molecule has 0 spiro atoms. The quantitative estimate of drug-likeness (QED) is 0.800. The van der Waals surface area contributed by atoms with Crippen molar-refractivity contribution in [3.63, 3.8) is 0 Å². The van der Waals surface area contributed by atoms with Crippen molar-refractivity contribution < 1.29 is 4.79 Å². The molecule has 0 fully saturated rings. The molecule has 1 atom stereocenters. The molecule has 1 heterocycles. The van der Waals surface area contributed by atoms with Crippen LogP contribution in [0.25, 0.3) is 0 Å². The molecule has 0 aliphatic heterocycles. The molecule has 0 radical (unpaired) electrons. The zero-order chi connectivity index (χ0) is 14.3. The summed E-state index contributed by atoms with van der Waals surface area (Å²) in [5, 5.41) is 2.82. The van der Waals surface area contributed by atoms with Gasteiger partial charge in [0.25, 0.3) is 5.91 Å². The summed E-state index contributed by atoms with van der Waals surface area (Å²) in [5.41, 5.74) is 6.04. The molecule has 7 heteroatoms. The molecule has 0 bridgehead atoms. The molecule has 1 amide bonds. The van der Waals surface area contributed by atoms with Gasteiger partial charge in [0, 0.05) is 31.9 Å². The van der Waals surface area contributed by atoms with Gasteiger partial charge in [-0.3, -0.25) is 4.79 Å². The van der Waals surface area contributed by atoms with Crippen molar-refractivity contribution in [1.82, 2.24) is 10.3 Å². The Morgan fingerprint density at radius 3 is 2.48 bits per heavy atom. The normalized spacial score (nSPS) is 10.9. The predicted molar refractivity (Wildman–Crippen MR) is 92.9 cm³/mol. The summed E-state index contributed by atoms with van der Waals surface area (Å²) in [6.07, 6.45) is 2.69. The summed E-state index contributed by atoms with van der Waals surface area (Å²) in [4.78, 5) is 18.4. The van der Waals surface area contributed by atoms with E-state index in [0.29, 0.717) is 12.1 Å². The molecule has 21 heavy (non-hydrogen) atoms. The molecule has 1 aromatic rings. The topological polar surface area (TPSA) is 71.2 Å². The van der Waals surface area contributed by atoms with Crippen LogP contribution in [0.4, 0.5) is 5.82 Å². The standard InChI is InChI=1S/C14H24N4O.2ClH/c1-4-8-18(5-2)13-7-6-12(10-16-13)14(19)17-11(3)9-15;;/h6-7,10-11H,4-5,8-9,15H2,1-3H3,(H,17,19);2*1H/t11-;;/m0../s1. The van der Waals surface area contributed by atoms with E-state index < -0.39 is 0 Å². The van der Waals surface area contributed by atoms with E-state index in [9.17, 15) is 4.79 Å². The van der Waals surface area contributed by atoms with Crippen molar-refractivity contribution in [3.8, 4) is 0 Å². The Balaban J connectivity index is 0. The molecule has 0 saturated carbocycles. The van der Waals surface area contributed by atoms with Crippen LogP contribution in [-0.2, 0) is 0 Å². The zero-order valence-corrected chi connectivity index (χ0v) is 14.5. The van der Waals surface area contributed by atoms with Crippen molar-refractivity contribution in [2.75, 3.05) is 24.5 Å². The van der Waals surface area contributed by atoms with E-state index in [1.54, 1.807) is 12.3 Å². The number of hydrogen-bond donors (Lipinski definition) is 2. The van der Waals surface area contributed by atoms with E-state index in [2.05, 4.69) is 29.0 Å². The third kappa shape index (κ3) is 6.98. The highest BCUT2D eigenvalue weighted by Crippen LogP contribution is 2.11. The molecule has 0 unspecified atom stereocenters. The average molecular weight is 337 g/mol. The summed E-state index contributed by atoms with van der Waals surface area (Å²) >= 11 is 0. The number of carbonyl (C=O) groups is 1. The van der Waals surface area contributed by atoms with Gasteiger partial charge in [-0.1, -0.05) is 6.92 Å². The van der Waals surface area contributed by atoms with Crippen LogP contribution in [0.5, 0.6) is 0 Å². The van der Waals surface area contributed by atoms with Crippen molar-refractivity contribution in [1.29, 1.82) is 0 Å². The number of amides is 1. The SMILES string of the molecule is CCCN(CC)c1ccc(C(=O)N[C@@H](C)CN)cn1.Cl.Cl. The molecule has 5 nitrogen and oxygen atoms in total. The molecule has 122 valence electrons. The Morgan fingerprint density at radius 2 is 2.05 bits per heavy atom. The number of aromatic nitrogens is 1. The molecule has 3 N–H and O–H groups in total. The lowest BCUT2D eigenvalue weighted by Gasteiger charge is -2.21. The maximum Gasteiger partial charge on any atom is 0.253 e. The summed E-state index contributed by atoms with van der Waals surface area (Å²) in [6, 6.07) is 3.67. The van der Waals surface area contributed by atoms with Crippen molar-refractivity contribution in [3.05, 3.63) is 23.9 Å². The van der Waals surface area contributed by atoms with Crippen LogP contribution in [0.15, 0.2) is 18.3 Å². The number of nitrogens with one attached hydrogen (secondary N) is 1. The smallest absolute Gasteiger partial charge is 0.253 e. The van der Waals surface area contributed by atoms with Gasteiger partial charge in [-0.25, -0.2) is 4.98 Å². The van der Waals surface area contributed by atoms with Gasteiger partial charge in [0.15, 0.2) is 0 Å². The minimum Gasteiger partial charge on any atom is -0.357 e. The second-order valence-electron chi connectivity index (χ2n) is 4.59. The highest BCUT2D eigenvalue weighted by molar-refractivity contribution is 5.94. The van der Waals surface area contributed by atoms with E-state index in [4.69, 9.17) is 5.73 Å². The van der Waals surface area contributed by atoms with Crippen LogP contribution >= 0.6 is 24.8 Å². The number of carbonyl (C=O) groups excluding carboxylic acids is 1. The lowest BCUT2D eigenvalue weighted by molar-refractivity contribution is 0.0941. The fourth-order valence-electron chi connectivity index (χ4n) is 1.78. The molecule has 0 aliphatic carbocycles. The molecule has 0 aromatic carbocycles. The third-order valence-electron chi connectivity index (χ3n) is 2.94. The van der Waals surface area contributed by atoms with Gasteiger partial charge < -0.3 is 16.0 Å². The van der Waals surface area contributed by atoms with Crippen LogP contribution in [0, 0.1) is 0 Å². The minimum absolute atomic E-state index is 0. The maximum atomic E-state index is 11.9. The predicted octanol–water partition coefficient (Wildman–Crippen LogP) is 2.24. The van der Waals surface area contributed by atoms with Crippen LogP contribution in [0.2, 0.25) is 0 Å². The van der Waals surface area contributed by atoms with Crippen molar-refractivity contribution in [2.45, 2.75) is 33.2 Å². The number of rotatable bonds is 7. The van der Waals surface area contributed by atoms with E-state index in [0.717, 1.165) is 25.3 Å². The molecular formula is C14H26Cl2N4O.